The zero-order chi connectivity index (χ0) is 9.97. The van der Waals surface area contributed by atoms with Crippen molar-refractivity contribution in [1.29, 1.82) is 0 Å². The van der Waals surface area contributed by atoms with E-state index in [0.29, 0.717) is 6.10 Å². The fraction of sp³-hybridized carbons (Fsp3) is 0.500. The molecule has 2 nitrogen and oxygen atoms in total. The number of aryl methyl sites for hydroxylation is 1. The molecule has 2 heteroatoms. The number of ether oxygens (including phenoxy) is 1. The average Bonchev–Trinajstić information content (AvgIpc) is 3.01. The minimum absolute atomic E-state index is 0.467. The van der Waals surface area contributed by atoms with Gasteiger partial charge in [-0.1, -0.05) is 13.0 Å². The second kappa shape index (κ2) is 3.91. The SMILES string of the molecule is CCc1ccc(NC)c(OC2CC2)c1. The summed E-state index contributed by atoms with van der Waals surface area (Å²) in [7, 11) is 1.93. The van der Waals surface area contributed by atoms with Crippen LogP contribution in [0.5, 0.6) is 5.75 Å². The Labute approximate surface area is 85.3 Å². The van der Waals surface area contributed by atoms with Crippen LogP contribution in [0.1, 0.15) is 25.3 Å². The van der Waals surface area contributed by atoms with Crippen LogP contribution in [0.3, 0.4) is 0 Å². The summed E-state index contributed by atoms with van der Waals surface area (Å²) in [4.78, 5) is 0. The van der Waals surface area contributed by atoms with Gasteiger partial charge in [0.2, 0.25) is 0 Å². The molecular weight excluding hydrogens is 174 g/mol. The first-order chi connectivity index (χ1) is 6.83. The van der Waals surface area contributed by atoms with Crippen molar-refractivity contribution in [3.05, 3.63) is 23.8 Å². The molecule has 14 heavy (non-hydrogen) atoms. The summed E-state index contributed by atoms with van der Waals surface area (Å²) in [5.74, 6) is 1.01. The molecule has 0 aliphatic heterocycles. The molecular formula is C12H17NO. The molecule has 0 heterocycles. The van der Waals surface area contributed by atoms with Gasteiger partial charge in [0, 0.05) is 7.05 Å². The average molecular weight is 191 g/mol. The number of anilines is 1. The van der Waals surface area contributed by atoms with E-state index in [2.05, 4.69) is 30.4 Å². The lowest BCUT2D eigenvalue weighted by atomic mass is 10.1. The highest BCUT2D eigenvalue weighted by Gasteiger charge is 2.24. The topological polar surface area (TPSA) is 21.3 Å². The third-order valence-electron chi connectivity index (χ3n) is 2.54. The number of rotatable bonds is 4. The molecule has 0 atom stereocenters. The molecule has 0 saturated heterocycles. The molecule has 0 unspecified atom stereocenters. The van der Waals surface area contributed by atoms with E-state index in [1.54, 1.807) is 0 Å². The molecule has 1 N–H and O–H groups in total. The van der Waals surface area contributed by atoms with E-state index in [-0.39, 0.29) is 0 Å². The summed E-state index contributed by atoms with van der Waals surface area (Å²) >= 11 is 0. The molecule has 1 saturated carbocycles. The van der Waals surface area contributed by atoms with E-state index in [0.717, 1.165) is 17.9 Å². The third-order valence-corrected chi connectivity index (χ3v) is 2.54. The van der Waals surface area contributed by atoms with E-state index in [1.807, 2.05) is 7.05 Å². The summed E-state index contributed by atoms with van der Waals surface area (Å²) < 4.78 is 5.83. The lowest BCUT2D eigenvalue weighted by Gasteiger charge is -2.11. The quantitative estimate of drug-likeness (QED) is 0.790. The minimum Gasteiger partial charge on any atom is -0.488 e. The van der Waals surface area contributed by atoms with Gasteiger partial charge in [-0.15, -0.1) is 0 Å². The summed E-state index contributed by atoms with van der Waals surface area (Å²) in [5, 5.41) is 3.16. The fourth-order valence-corrected chi connectivity index (χ4v) is 1.46. The van der Waals surface area contributed by atoms with Gasteiger partial charge in [0.1, 0.15) is 5.75 Å². The van der Waals surface area contributed by atoms with E-state index in [4.69, 9.17) is 4.74 Å². The van der Waals surface area contributed by atoms with Crippen molar-refractivity contribution in [1.82, 2.24) is 0 Å². The maximum Gasteiger partial charge on any atom is 0.143 e. The molecule has 1 aromatic carbocycles. The first-order valence-electron chi connectivity index (χ1n) is 5.31. The highest BCUT2D eigenvalue weighted by molar-refractivity contribution is 5.57. The van der Waals surface area contributed by atoms with Crippen LogP contribution in [0, 0.1) is 0 Å². The van der Waals surface area contributed by atoms with E-state index >= 15 is 0 Å². The van der Waals surface area contributed by atoms with Gasteiger partial charge in [0.25, 0.3) is 0 Å². The Morgan fingerprint density at radius 3 is 2.79 bits per heavy atom. The van der Waals surface area contributed by atoms with Crippen LogP contribution in [0.25, 0.3) is 0 Å². The third kappa shape index (κ3) is 2.00. The van der Waals surface area contributed by atoms with Crippen molar-refractivity contribution in [2.45, 2.75) is 32.3 Å². The summed E-state index contributed by atoms with van der Waals surface area (Å²) in [6.45, 7) is 2.16. The van der Waals surface area contributed by atoms with E-state index in [9.17, 15) is 0 Å². The maximum atomic E-state index is 5.83. The minimum atomic E-state index is 0.467. The van der Waals surface area contributed by atoms with Crippen LogP contribution in [-0.2, 0) is 6.42 Å². The largest absolute Gasteiger partial charge is 0.488 e. The first-order valence-corrected chi connectivity index (χ1v) is 5.31. The molecule has 0 radical (unpaired) electrons. The smallest absolute Gasteiger partial charge is 0.143 e. The Balaban J connectivity index is 2.21. The lowest BCUT2D eigenvalue weighted by molar-refractivity contribution is 0.304. The molecule has 1 aromatic rings. The van der Waals surface area contributed by atoms with Gasteiger partial charge in [-0.25, -0.2) is 0 Å². The van der Waals surface area contributed by atoms with E-state index in [1.165, 1.54) is 18.4 Å². The highest BCUT2D eigenvalue weighted by atomic mass is 16.5. The van der Waals surface area contributed by atoms with Crippen molar-refractivity contribution in [2.75, 3.05) is 12.4 Å². The summed E-state index contributed by atoms with van der Waals surface area (Å²) in [5.41, 5.74) is 2.42. The van der Waals surface area contributed by atoms with Gasteiger partial charge in [-0.3, -0.25) is 0 Å². The van der Waals surface area contributed by atoms with Crippen LogP contribution in [0.4, 0.5) is 5.69 Å². The molecule has 2 rings (SSSR count). The van der Waals surface area contributed by atoms with Crippen molar-refractivity contribution < 1.29 is 4.74 Å². The molecule has 0 aromatic heterocycles. The molecule has 0 bridgehead atoms. The Hall–Kier alpha value is -1.18. The van der Waals surface area contributed by atoms with E-state index < -0.39 is 0 Å². The maximum absolute atomic E-state index is 5.83. The summed E-state index contributed by atoms with van der Waals surface area (Å²) in [6, 6.07) is 6.38. The van der Waals surface area contributed by atoms with Crippen molar-refractivity contribution in [3.8, 4) is 5.75 Å². The normalized spacial score (nSPS) is 15.3. The Morgan fingerprint density at radius 1 is 1.43 bits per heavy atom. The number of benzene rings is 1. The van der Waals surface area contributed by atoms with Gasteiger partial charge in [0.05, 0.1) is 11.8 Å². The van der Waals surface area contributed by atoms with Gasteiger partial charge in [-0.2, -0.15) is 0 Å². The fourth-order valence-electron chi connectivity index (χ4n) is 1.46. The zero-order valence-electron chi connectivity index (χ0n) is 8.84. The molecule has 1 fully saturated rings. The predicted molar refractivity (Wildman–Crippen MR) is 59.0 cm³/mol. The Morgan fingerprint density at radius 2 is 2.21 bits per heavy atom. The van der Waals surface area contributed by atoms with Crippen LogP contribution in [0.15, 0.2) is 18.2 Å². The van der Waals surface area contributed by atoms with Gasteiger partial charge >= 0.3 is 0 Å². The monoisotopic (exact) mass is 191 g/mol. The van der Waals surface area contributed by atoms with Crippen molar-refractivity contribution in [3.63, 3.8) is 0 Å². The van der Waals surface area contributed by atoms with Gasteiger partial charge in [-0.05, 0) is 37.0 Å². The number of nitrogens with one attached hydrogen (secondary N) is 1. The van der Waals surface area contributed by atoms with Crippen molar-refractivity contribution >= 4 is 5.69 Å². The second-order valence-electron chi connectivity index (χ2n) is 3.75. The molecule has 76 valence electrons. The standard InChI is InChI=1S/C12H17NO/c1-3-9-4-7-11(13-2)12(8-9)14-10-5-6-10/h4,7-8,10,13H,3,5-6H2,1-2H3. The summed E-state index contributed by atoms with van der Waals surface area (Å²) in [6.07, 6.45) is 3.94. The Kier molecular flexibility index (Phi) is 2.62. The van der Waals surface area contributed by atoms with Crippen LogP contribution in [0.2, 0.25) is 0 Å². The molecule has 0 spiro atoms. The predicted octanol–water partition coefficient (Wildman–Crippen LogP) is 2.83. The molecule has 1 aliphatic carbocycles. The molecule has 1 aliphatic rings. The van der Waals surface area contributed by atoms with Crippen LogP contribution >= 0.6 is 0 Å². The van der Waals surface area contributed by atoms with Gasteiger partial charge < -0.3 is 10.1 Å². The molecule has 0 amide bonds. The lowest BCUT2D eigenvalue weighted by Crippen LogP contribution is -2.00. The van der Waals surface area contributed by atoms with Crippen LogP contribution < -0.4 is 10.1 Å². The zero-order valence-corrected chi connectivity index (χ0v) is 8.84. The Bertz CT molecular complexity index is 318. The second-order valence-corrected chi connectivity index (χ2v) is 3.75. The number of hydrogen-bond acceptors (Lipinski definition) is 2. The van der Waals surface area contributed by atoms with Gasteiger partial charge in [0.15, 0.2) is 0 Å². The number of hydrogen-bond donors (Lipinski definition) is 1. The van der Waals surface area contributed by atoms with Crippen LogP contribution in [-0.4, -0.2) is 13.2 Å². The first kappa shape index (κ1) is 9.38. The van der Waals surface area contributed by atoms with Crippen molar-refractivity contribution in [2.24, 2.45) is 0 Å². The highest BCUT2D eigenvalue weighted by Crippen LogP contribution is 2.32.